The van der Waals surface area contributed by atoms with E-state index >= 15 is 0 Å². The number of nitrogens with two attached hydrogens (primary N) is 2. The van der Waals surface area contributed by atoms with Gasteiger partial charge in [-0.3, -0.25) is 4.79 Å². The Kier molecular flexibility index (Phi) is 6.78. The number of aromatic nitrogens is 1. The van der Waals surface area contributed by atoms with Crippen molar-refractivity contribution in [2.24, 2.45) is 5.73 Å². The Hall–Kier alpha value is -3.65. The van der Waals surface area contributed by atoms with Gasteiger partial charge in [0.25, 0.3) is 5.91 Å². The van der Waals surface area contributed by atoms with Gasteiger partial charge in [-0.25, -0.2) is 4.98 Å². The zero-order valence-corrected chi connectivity index (χ0v) is 21.0. The summed E-state index contributed by atoms with van der Waals surface area (Å²) >= 11 is 1.13. The predicted octanol–water partition coefficient (Wildman–Crippen LogP) is 3.70. The second-order valence-electron chi connectivity index (χ2n) is 9.14. The first-order chi connectivity index (χ1) is 17.5. The maximum atomic E-state index is 12.0. The number of likely N-dealkylation sites (N-methyl/N-ethyl adjacent to an activating group) is 1. The molecular formula is C26H29N7O2S. The van der Waals surface area contributed by atoms with E-state index in [1.54, 1.807) is 0 Å². The van der Waals surface area contributed by atoms with Gasteiger partial charge in [-0.1, -0.05) is 18.2 Å². The van der Waals surface area contributed by atoms with Gasteiger partial charge >= 0.3 is 0 Å². The molecule has 0 aliphatic carbocycles. The van der Waals surface area contributed by atoms with Crippen LogP contribution in [0.25, 0.3) is 32.5 Å². The van der Waals surface area contributed by atoms with E-state index in [0.29, 0.717) is 45.0 Å². The van der Waals surface area contributed by atoms with Gasteiger partial charge in [0.1, 0.15) is 38.5 Å². The molecule has 186 valence electrons. The van der Waals surface area contributed by atoms with E-state index in [2.05, 4.69) is 33.2 Å². The van der Waals surface area contributed by atoms with Gasteiger partial charge in [0, 0.05) is 43.5 Å². The molecule has 5 N–H and O–H groups in total. The van der Waals surface area contributed by atoms with Gasteiger partial charge in [-0.15, -0.1) is 11.3 Å². The number of furan rings is 1. The molecule has 1 aliphatic rings. The fourth-order valence-corrected chi connectivity index (χ4v) is 5.62. The number of anilines is 2. The minimum Gasteiger partial charge on any atom is -0.456 e. The van der Waals surface area contributed by atoms with Crippen LogP contribution in [-0.4, -0.2) is 67.0 Å². The van der Waals surface area contributed by atoms with Crippen LogP contribution < -0.4 is 16.8 Å². The molecule has 10 heteroatoms. The highest BCUT2D eigenvalue weighted by molar-refractivity contribution is 7.21. The Morgan fingerprint density at radius 2 is 2.03 bits per heavy atom. The smallest absolute Gasteiger partial charge is 0.260 e. The number of hydrogen-bond donors (Lipinski definition) is 3. The summed E-state index contributed by atoms with van der Waals surface area (Å²) in [6.45, 7) is 6.14. The van der Waals surface area contributed by atoms with Crippen LogP contribution >= 0.6 is 11.3 Å². The summed E-state index contributed by atoms with van der Waals surface area (Å²) < 4.78 is 6.12. The van der Waals surface area contributed by atoms with Gasteiger partial charge in [0.15, 0.2) is 0 Å². The molecule has 1 saturated heterocycles. The Bertz CT molecular complexity index is 1430. The Morgan fingerprint density at radius 3 is 2.75 bits per heavy atom. The van der Waals surface area contributed by atoms with E-state index in [1.807, 2.05) is 30.3 Å². The van der Waals surface area contributed by atoms with E-state index in [-0.39, 0.29) is 10.6 Å². The number of carbonyl (C=O) groups excluding carboxylic acids is 1. The largest absolute Gasteiger partial charge is 0.456 e. The Balaban J connectivity index is 1.45. The molecule has 4 heterocycles. The van der Waals surface area contributed by atoms with Gasteiger partial charge in [-0.2, -0.15) is 5.26 Å². The van der Waals surface area contributed by atoms with E-state index in [4.69, 9.17) is 15.9 Å². The molecule has 1 fully saturated rings. The molecule has 0 saturated carbocycles. The number of amides is 1. The molecule has 0 atom stereocenters. The van der Waals surface area contributed by atoms with Crippen molar-refractivity contribution in [1.82, 2.24) is 14.8 Å². The first-order valence-electron chi connectivity index (χ1n) is 12.1. The third kappa shape index (κ3) is 4.60. The van der Waals surface area contributed by atoms with Crippen molar-refractivity contribution in [1.29, 1.82) is 5.26 Å². The van der Waals surface area contributed by atoms with Crippen LogP contribution in [0.5, 0.6) is 0 Å². The van der Waals surface area contributed by atoms with Gasteiger partial charge in [0.05, 0.1) is 11.3 Å². The number of rotatable bonds is 8. The van der Waals surface area contributed by atoms with Crippen molar-refractivity contribution < 1.29 is 9.21 Å². The van der Waals surface area contributed by atoms with Gasteiger partial charge < -0.3 is 31.0 Å². The van der Waals surface area contributed by atoms with Crippen LogP contribution in [0.15, 0.2) is 34.7 Å². The number of primary amides is 1. The Morgan fingerprint density at radius 1 is 1.25 bits per heavy atom. The number of pyridine rings is 1. The molecule has 36 heavy (non-hydrogen) atoms. The van der Waals surface area contributed by atoms with Crippen LogP contribution in [-0.2, 0) is 0 Å². The maximum Gasteiger partial charge on any atom is 0.260 e. The summed E-state index contributed by atoms with van der Waals surface area (Å²) in [5, 5.41) is 15.0. The number of nitrogen functional groups attached to an aromatic ring is 1. The molecule has 9 nitrogen and oxygen atoms in total. The number of piperazine rings is 1. The lowest BCUT2D eigenvalue weighted by Crippen LogP contribution is -2.44. The number of unbranched alkanes of at least 4 members (excludes halogenated alkanes) is 1. The molecule has 0 unspecified atom stereocenters. The van der Waals surface area contributed by atoms with E-state index in [0.717, 1.165) is 62.3 Å². The highest BCUT2D eigenvalue weighted by atomic mass is 32.1. The molecular weight excluding hydrogens is 474 g/mol. The highest BCUT2D eigenvalue weighted by Gasteiger charge is 2.26. The van der Waals surface area contributed by atoms with Crippen LogP contribution in [0.4, 0.5) is 11.5 Å². The topological polar surface area (TPSA) is 137 Å². The van der Waals surface area contributed by atoms with Crippen LogP contribution in [0, 0.1) is 11.3 Å². The van der Waals surface area contributed by atoms with E-state index in [9.17, 15) is 10.1 Å². The number of para-hydroxylation sites is 1. The van der Waals surface area contributed by atoms with Crippen LogP contribution in [0.2, 0.25) is 0 Å². The monoisotopic (exact) mass is 503 g/mol. The van der Waals surface area contributed by atoms with Crippen LogP contribution in [0.3, 0.4) is 0 Å². The summed E-state index contributed by atoms with van der Waals surface area (Å²) in [5.74, 6) is 0.332. The first kappa shape index (κ1) is 24.1. The number of benzene rings is 1. The summed E-state index contributed by atoms with van der Waals surface area (Å²) in [4.78, 5) is 22.3. The standard InChI is InChI=1S/C26H29N7O2S/c1-32-10-12-33(13-11-32)9-5-4-8-30-25-17(15-27)20(19-14-16-6-2-3-7-18(16)35-19)21-22(28)23(24(29)34)36-26(21)31-25/h2-3,6-7,14H,4-5,8-13,28H2,1H3,(H2,29,34)(H,30,31). The van der Waals surface area contributed by atoms with Gasteiger partial charge in [-0.05, 0) is 38.6 Å². The zero-order valence-electron chi connectivity index (χ0n) is 20.2. The van der Waals surface area contributed by atoms with Crippen molar-refractivity contribution in [2.75, 3.05) is 57.4 Å². The number of thiophene rings is 1. The number of nitrogens with one attached hydrogen (secondary N) is 1. The third-order valence-electron chi connectivity index (χ3n) is 6.67. The number of fused-ring (bicyclic) bond motifs is 2. The maximum absolute atomic E-state index is 12.0. The van der Waals surface area contributed by atoms with Crippen molar-refractivity contribution in [3.05, 3.63) is 40.8 Å². The minimum atomic E-state index is -0.622. The predicted molar refractivity (Wildman–Crippen MR) is 144 cm³/mol. The van der Waals surface area contributed by atoms with Crippen molar-refractivity contribution >= 4 is 49.9 Å². The molecule has 0 radical (unpaired) electrons. The second kappa shape index (κ2) is 10.1. The molecule has 5 rings (SSSR count). The average Bonchev–Trinajstić information content (AvgIpc) is 3.45. The normalized spacial score (nSPS) is 14.9. The average molecular weight is 504 g/mol. The highest BCUT2D eigenvalue weighted by Crippen LogP contribution is 2.44. The molecule has 1 amide bonds. The fraction of sp³-hybridized carbons (Fsp3) is 0.346. The fourth-order valence-electron chi connectivity index (χ4n) is 4.66. The summed E-state index contributed by atoms with van der Waals surface area (Å²) in [6.07, 6.45) is 1.99. The molecule has 0 spiro atoms. The molecule has 0 bridgehead atoms. The van der Waals surface area contributed by atoms with E-state index in [1.165, 1.54) is 0 Å². The summed E-state index contributed by atoms with van der Waals surface area (Å²) in [5.41, 5.74) is 13.7. The molecule has 4 aromatic rings. The van der Waals surface area contributed by atoms with Gasteiger partial charge in [0.2, 0.25) is 0 Å². The first-order valence-corrected chi connectivity index (χ1v) is 12.9. The molecule has 3 aromatic heterocycles. The third-order valence-corrected chi connectivity index (χ3v) is 7.79. The van der Waals surface area contributed by atoms with Crippen molar-refractivity contribution in [3.8, 4) is 17.4 Å². The number of nitrogens with zero attached hydrogens (tertiary/aromatic N) is 4. The van der Waals surface area contributed by atoms with Crippen LogP contribution in [0.1, 0.15) is 28.1 Å². The number of hydrogen-bond acceptors (Lipinski definition) is 9. The van der Waals surface area contributed by atoms with Crippen molar-refractivity contribution in [3.63, 3.8) is 0 Å². The number of nitriles is 1. The van der Waals surface area contributed by atoms with E-state index < -0.39 is 5.91 Å². The summed E-state index contributed by atoms with van der Waals surface area (Å²) in [7, 11) is 2.16. The molecule has 1 aromatic carbocycles. The summed E-state index contributed by atoms with van der Waals surface area (Å²) in [6, 6.07) is 11.8. The SMILES string of the molecule is CN1CCN(CCCCNc2nc3sc(C(N)=O)c(N)c3c(-c3cc4ccccc4o3)c2C#N)CC1. The second-order valence-corrected chi connectivity index (χ2v) is 10.1. The lowest BCUT2D eigenvalue weighted by molar-refractivity contribution is 0.100. The minimum absolute atomic E-state index is 0.223. The Labute approximate surface area is 213 Å². The van der Waals surface area contributed by atoms with Crippen molar-refractivity contribution in [2.45, 2.75) is 12.8 Å². The zero-order chi connectivity index (χ0) is 25.2. The molecule has 1 aliphatic heterocycles. The lowest BCUT2D eigenvalue weighted by Gasteiger charge is -2.32. The lowest BCUT2D eigenvalue weighted by atomic mass is 10.0. The quantitative estimate of drug-likeness (QED) is 0.310. The number of carbonyl (C=O) groups is 1.